The van der Waals surface area contributed by atoms with Crippen LogP contribution < -0.4 is 0 Å². The average Bonchev–Trinajstić information content (AvgIpc) is 2.40. The highest BCUT2D eigenvalue weighted by Gasteiger charge is 2.09. The van der Waals surface area contributed by atoms with Gasteiger partial charge in [0.1, 0.15) is 0 Å². The van der Waals surface area contributed by atoms with Gasteiger partial charge in [-0.05, 0) is 24.8 Å². The van der Waals surface area contributed by atoms with Gasteiger partial charge in [-0.25, -0.2) is 0 Å². The summed E-state index contributed by atoms with van der Waals surface area (Å²) < 4.78 is 0. The van der Waals surface area contributed by atoms with Crippen molar-refractivity contribution in [3.63, 3.8) is 0 Å². The van der Waals surface area contributed by atoms with Crippen LogP contribution in [0, 0.1) is 0 Å². The lowest BCUT2D eigenvalue weighted by Crippen LogP contribution is -2.04. The highest BCUT2D eigenvalue weighted by Crippen LogP contribution is 2.16. The largest absolute Gasteiger partial charge is 0.294 e. The van der Waals surface area contributed by atoms with Crippen molar-refractivity contribution in [2.24, 2.45) is 0 Å². The molecule has 0 amide bonds. The minimum Gasteiger partial charge on any atom is -0.294 e. The molecule has 1 aromatic rings. The number of Topliss-reactive ketones (excluding diaryl/α,β-unsaturated/α-hetero) is 1. The van der Waals surface area contributed by atoms with Crippen LogP contribution in [-0.2, 0) is 6.42 Å². The second-order valence-electron chi connectivity index (χ2n) is 4.99. The quantitative estimate of drug-likeness (QED) is 0.433. The molecule has 0 saturated carbocycles. The van der Waals surface area contributed by atoms with Gasteiger partial charge in [0.15, 0.2) is 5.78 Å². The van der Waals surface area contributed by atoms with E-state index in [9.17, 15) is 4.79 Å². The minimum atomic E-state index is 0.329. The Morgan fingerprint density at radius 3 is 2.33 bits per heavy atom. The third-order valence-corrected chi connectivity index (χ3v) is 3.37. The van der Waals surface area contributed by atoms with E-state index in [0.717, 1.165) is 24.8 Å². The van der Waals surface area contributed by atoms with Crippen LogP contribution in [0.1, 0.15) is 74.7 Å². The average molecular weight is 246 g/mol. The molecule has 0 aromatic heterocycles. The van der Waals surface area contributed by atoms with Crippen molar-refractivity contribution < 1.29 is 4.79 Å². The molecule has 0 aliphatic carbocycles. The summed E-state index contributed by atoms with van der Waals surface area (Å²) in [5, 5.41) is 0. The van der Waals surface area contributed by atoms with Gasteiger partial charge in [-0.15, -0.1) is 0 Å². The van der Waals surface area contributed by atoms with E-state index in [1.54, 1.807) is 0 Å². The molecule has 0 bridgehead atoms. The molecule has 18 heavy (non-hydrogen) atoms. The van der Waals surface area contributed by atoms with E-state index in [1.165, 1.54) is 31.2 Å². The van der Waals surface area contributed by atoms with Crippen molar-refractivity contribution in [2.45, 2.75) is 65.2 Å². The standard InChI is InChI=1S/C17H26O/c1-3-5-7-11-15-12-9-10-13-16(15)17(18)14-8-6-4-2/h9-10,12-13H,3-8,11,14H2,1-2H3. The molecule has 0 saturated heterocycles. The lowest BCUT2D eigenvalue weighted by Gasteiger charge is -2.08. The molecule has 100 valence electrons. The third-order valence-electron chi connectivity index (χ3n) is 3.37. The van der Waals surface area contributed by atoms with Crippen molar-refractivity contribution >= 4 is 5.78 Å². The number of aryl methyl sites for hydroxylation is 1. The Kier molecular flexibility index (Phi) is 7.40. The minimum absolute atomic E-state index is 0.329. The Morgan fingerprint density at radius 1 is 0.944 bits per heavy atom. The smallest absolute Gasteiger partial charge is 0.163 e. The van der Waals surface area contributed by atoms with Crippen LogP contribution in [0.15, 0.2) is 24.3 Å². The number of hydrogen-bond donors (Lipinski definition) is 0. The van der Waals surface area contributed by atoms with Gasteiger partial charge in [-0.2, -0.15) is 0 Å². The van der Waals surface area contributed by atoms with Gasteiger partial charge in [0.05, 0.1) is 0 Å². The fraction of sp³-hybridized carbons (Fsp3) is 0.588. The van der Waals surface area contributed by atoms with E-state index in [1.807, 2.05) is 18.2 Å². The van der Waals surface area contributed by atoms with E-state index >= 15 is 0 Å². The fourth-order valence-electron chi connectivity index (χ4n) is 2.25. The van der Waals surface area contributed by atoms with Crippen molar-refractivity contribution in [1.29, 1.82) is 0 Å². The van der Waals surface area contributed by atoms with E-state index < -0.39 is 0 Å². The Balaban J connectivity index is 2.59. The van der Waals surface area contributed by atoms with Crippen LogP contribution in [0.3, 0.4) is 0 Å². The summed E-state index contributed by atoms with van der Waals surface area (Å²) in [6.45, 7) is 4.38. The first-order valence-electron chi connectivity index (χ1n) is 7.40. The highest BCUT2D eigenvalue weighted by atomic mass is 16.1. The van der Waals surface area contributed by atoms with E-state index in [-0.39, 0.29) is 0 Å². The highest BCUT2D eigenvalue weighted by molar-refractivity contribution is 5.97. The molecule has 1 nitrogen and oxygen atoms in total. The number of hydrogen-bond acceptors (Lipinski definition) is 1. The molecule has 0 aliphatic rings. The summed E-state index contributed by atoms with van der Waals surface area (Å²) in [5.74, 6) is 0.329. The van der Waals surface area contributed by atoms with Gasteiger partial charge in [-0.1, -0.05) is 63.8 Å². The lowest BCUT2D eigenvalue weighted by atomic mass is 9.96. The van der Waals surface area contributed by atoms with Gasteiger partial charge in [0.2, 0.25) is 0 Å². The Hall–Kier alpha value is -1.11. The molecule has 0 aliphatic heterocycles. The predicted octanol–water partition coefficient (Wildman–Crippen LogP) is 5.18. The second-order valence-corrected chi connectivity index (χ2v) is 4.99. The lowest BCUT2D eigenvalue weighted by molar-refractivity contribution is 0.0978. The molecule has 1 rings (SSSR count). The first-order chi connectivity index (χ1) is 8.79. The van der Waals surface area contributed by atoms with E-state index in [2.05, 4.69) is 19.9 Å². The topological polar surface area (TPSA) is 17.1 Å². The van der Waals surface area contributed by atoms with Gasteiger partial charge in [0.25, 0.3) is 0 Å². The SMILES string of the molecule is CCCCCC(=O)c1ccccc1CCCCC. The number of rotatable bonds is 9. The summed E-state index contributed by atoms with van der Waals surface area (Å²) in [7, 11) is 0. The summed E-state index contributed by atoms with van der Waals surface area (Å²) >= 11 is 0. The molecule has 0 radical (unpaired) electrons. The van der Waals surface area contributed by atoms with Gasteiger partial charge in [-0.3, -0.25) is 4.79 Å². The predicted molar refractivity (Wildman–Crippen MR) is 78.1 cm³/mol. The third kappa shape index (κ3) is 5.03. The first kappa shape index (κ1) is 14.9. The number of carbonyl (C=O) groups excluding carboxylic acids is 1. The van der Waals surface area contributed by atoms with E-state index in [0.29, 0.717) is 12.2 Å². The Morgan fingerprint density at radius 2 is 1.61 bits per heavy atom. The molecule has 0 spiro atoms. The van der Waals surface area contributed by atoms with Crippen molar-refractivity contribution in [3.05, 3.63) is 35.4 Å². The molecule has 0 fully saturated rings. The summed E-state index contributed by atoms with van der Waals surface area (Å²) in [4.78, 5) is 12.2. The van der Waals surface area contributed by atoms with Gasteiger partial charge >= 0.3 is 0 Å². The fourth-order valence-corrected chi connectivity index (χ4v) is 2.25. The van der Waals surface area contributed by atoms with Gasteiger partial charge < -0.3 is 0 Å². The van der Waals surface area contributed by atoms with Crippen LogP contribution in [0.4, 0.5) is 0 Å². The molecule has 0 atom stereocenters. The zero-order chi connectivity index (χ0) is 13.2. The molecular weight excluding hydrogens is 220 g/mol. The summed E-state index contributed by atoms with van der Waals surface area (Å²) in [6, 6.07) is 8.14. The monoisotopic (exact) mass is 246 g/mol. The van der Waals surface area contributed by atoms with Crippen LogP contribution in [0.25, 0.3) is 0 Å². The first-order valence-corrected chi connectivity index (χ1v) is 7.40. The Labute approximate surface area is 112 Å². The number of benzene rings is 1. The van der Waals surface area contributed by atoms with Crippen molar-refractivity contribution in [2.75, 3.05) is 0 Å². The summed E-state index contributed by atoms with van der Waals surface area (Å²) in [5.41, 5.74) is 2.21. The van der Waals surface area contributed by atoms with Crippen molar-refractivity contribution in [1.82, 2.24) is 0 Å². The zero-order valence-electron chi connectivity index (χ0n) is 11.9. The maximum absolute atomic E-state index is 12.2. The van der Waals surface area contributed by atoms with Crippen LogP contribution in [0.5, 0.6) is 0 Å². The zero-order valence-corrected chi connectivity index (χ0v) is 11.9. The molecule has 0 unspecified atom stereocenters. The molecule has 1 heteroatoms. The molecular formula is C17H26O. The van der Waals surface area contributed by atoms with Gasteiger partial charge in [0, 0.05) is 12.0 Å². The molecule has 0 heterocycles. The maximum Gasteiger partial charge on any atom is 0.163 e. The van der Waals surface area contributed by atoms with Crippen LogP contribution in [0.2, 0.25) is 0 Å². The molecule has 1 aromatic carbocycles. The van der Waals surface area contributed by atoms with Crippen LogP contribution in [-0.4, -0.2) is 5.78 Å². The second kappa shape index (κ2) is 8.91. The molecule has 0 N–H and O–H groups in total. The summed E-state index contributed by atoms with van der Waals surface area (Å²) in [6.07, 6.45) is 8.77. The van der Waals surface area contributed by atoms with Crippen molar-refractivity contribution in [3.8, 4) is 0 Å². The van der Waals surface area contributed by atoms with Crippen LogP contribution >= 0.6 is 0 Å². The Bertz CT molecular complexity index is 354. The normalized spacial score (nSPS) is 10.6. The number of unbranched alkanes of at least 4 members (excludes halogenated alkanes) is 4. The number of carbonyl (C=O) groups is 1. The maximum atomic E-state index is 12.2. The van der Waals surface area contributed by atoms with E-state index in [4.69, 9.17) is 0 Å². The number of ketones is 1.